The smallest absolute Gasteiger partial charge is 0.253 e. The van der Waals surface area contributed by atoms with Gasteiger partial charge in [-0.2, -0.15) is 0 Å². The Morgan fingerprint density at radius 3 is 2.68 bits per heavy atom. The topological polar surface area (TPSA) is 58.6 Å². The van der Waals surface area contributed by atoms with Crippen molar-refractivity contribution >= 4 is 11.8 Å². The first-order valence-corrected chi connectivity index (χ1v) is 9.53. The van der Waals surface area contributed by atoms with Crippen molar-refractivity contribution in [2.24, 2.45) is 5.92 Å². The quantitative estimate of drug-likeness (QED) is 0.833. The molecule has 1 aliphatic rings. The first-order chi connectivity index (χ1) is 13.6. The Labute approximate surface area is 164 Å². The van der Waals surface area contributed by atoms with E-state index in [4.69, 9.17) is 4.74 Å². The number of carbonyl (C=O) groups excluding carboxylic acids is 2. The number of nitrogens with zero attached hydrogens (tertiary/aromatic N) is 1. The van der Waals surface area contributed by atoms with Crippen molar-refractivity contribution in [1.29, 1.82) is 0 Å². The normalized spacial score (nSPS) is 16.5. The molecule has 0 saturated carbocycles. The SMILES string of the molecule is COc1ccccc1CCNC(=O)[C@@H]1CCCN(C(=O)c2ccc(F)cc2)C1. The number of halogens is 1. The molecule has 28 heavy (non-hydrogen) atoms. The Balaban J connectivity index is 1.52. The number of nitrogens with one attached hydrogen (secondary N) is 1. The summed E-state index contributed by atoms with van der Waals surface area (Å²) in [6, 6.07) is 13.3. The fraction of sp³-hybridized carbons (Fsp3) is 0.364. The first-order valence-electron chi connectivity index (χ1n) is 9.53. The minimum Gasteiger partial charge on any atom is -0.496 e. The summed E-state index contributed by atoms with van der Waals surface area (Å²) in [6.07, 6.45) is 2.21. The average molecular weight is 384 g/mol. The Morgan fingerprint density at radius 2 is 1.93 bits per heavy atom. The van der Waals surface area contributed by atoms with Crippen LogP contribution in [0, 0.1) is 11.7 Å². The zero-order valence-electron chi connectivity index (χ0n) is 16.0. The van der Waals surface area contributed by atoms with Crippen molar-refractivity contribution in [1.82, 2.24) is 10.2 Å². The van der Waals surface area contributed by atoms with Gasteiger partial charge in [0.2, 0.25) is 5.91 Å². The van der Waals surface area contributed by atoms with Gasteiger partial charge in [-0.1, -0.05) is 18.2 Å². The van der Waals surface area contributed by atoms with Crippen LogP contribution in [0.15, 0.2) is 48.5 Å². The number of rotatable bonds is 6. The van der Waals surface area contributed by atoms with E-state index in [1.165, 1.54) is 24.3 Å². The van der Waals surface area contributed by atoms with Crippen LogP contribution >= 0.6 is 0 Å². The Bertz CT molecular complexity index is 823. The predicted octanol–water partition coefficient (Wildman–Crippen LogP) is 3.05. The van der Waals surface area contributed by atoms with Gasteiger partial charge in [0.15, 0.2) is 0 Å². The van der Waals surface area contributed by atoms with E-state index in [2.05, 4.69) is 5.32 Å². The zero-order chi connectivity index (χ0) is 19.9. The summed E-state index contributed by atoms with van der Waals surface area (Å²) >= 11 is 0. The molecule has 6 heteroatoms. The summed E-state index contributed by atoms with van der Waals surface area (Å²) < 4.78 is 18.4. The average Bonchev–Trinajstić information content (AvgIpc) is 2.74. The van der Waals surface area contributed by atoms with Crippen LogP contribution < -0.4 is 10.1 Å². The van der Waals surface area contributed by atoms with E-state index in [0.29, 0.717) is 31.6 Å². The molecule has 0 unspecified atom stereocenters. The molecule has 1 heterocycles. The summed E-state index contributed by atoms with van der Waals surface area (Å²) in [4.78, 5) is 26.9. The van der Waals surface area contributed by atoms with E-state index in [0.717, 1.165) is 24.2 Å². The lowest BCUT2D eigenvalue weighted by atomic mass is 9.96. The minimum absolute atomic E-state index is 0.0356. The number of carbonyl (C=O) groups is 2. The molecular weight excluding hydrogens is 359 g/mol. The summed E-state index contributed by atoms with van der Waals surface area (Å²) in [6.45, 7) is 1.51. The lowest BCUT2D eigenvalue weighted by Crippen LogP contribution is -2.45. The third-order valence-corrected chi connectivity index (χ3v) is 5.06. The molecule has 1 fully saturated rings. The number of hydrogen-bond donors (Lipinski definition) is 1. The van der Waals surface area contributed by atoms with Crippen LogP contribution in [0.1, 0.15) is 28.8 Å². The molecule has 0 aromatic heterocycles. The number of amides is 2. The second-order valence-electron chi connectivity index (χ2n) is 6.95. The molecule has 1 atom stereocenters. The van der Waals surface area contributed by atoms with E-state index in [9.17, 15) is 14.0 Å². The van der Waals surface area contributed by atoms with Crippen molar-refractivity contribution in [3.63, 3.8) is 0 Å². The highest BCUT2D eigenvalue weighted by Crippen LogP contribution is 2.20. The largest absolute Gasteiger partial charge is 0.496 e. The first kappa shape index (κ1) is 19.9. The molecule has 2 aromatic rings. The van der Waals surface area contributed by atoms with Gasteiger partial charge in [-0.05, 0) is 55.2 Å². The monoisotopic (exact) mass is 384 g/mol. The lowest BCUT2D eigenvalue weighted by Gasteiger charge is -2.32. The summed E-state index contributed by atoms with van der Waals surface area (Å²) in [5.74, 6) is 0.0156. The maximum Gasteiger partial charge on any atom is 0.253 e. The van der Waals surface area contributed by atoms with Gasteiger partial charge >= 0.3 is 0 Å². The Kier molecular flexibility index (Phi) is 6.63. The molecule has 3 rings (SSSR count). The molecule has 1 saturated heterocycles. The Hall–Kier alpha value is -2.89. The number of hydrogen-bond acceptors (Lipinski definition) is 3. The fourth-order valence-corrected chi connectivity index (χ4v) is 3.52. The van der Waals surface area contributed by atoms with Crippen LogP contribution in [-0.2, 0) is 11.2 Å². The van der Waals surface area contributed by atoms with Gasteiger partial charge < -0.3 is 15.0 Å². The third-order valence-electron chi connectivity index (χ3n) is 5.06. The predicted molar refractivity (Wildman–Crippen MR) is 105 cm³/mol. The molecule has 2 aromatic carbocycles. The van der Waals surface area contributed by atoms with Crippen LogP contribution in [0.25, 0.3) is 0 Å². The van der Waals surface area contributed by atoms with Gasteiger partial charge in [-0.15, -0.1) is 0 Å². The number of para-hydroxylation sites is 1. The second-order valence-corrected chi connectivity index (χ2v) is 6.95. The van der Waals surface area contributed by atoms with E-state index in [1.54, 1.807) is 12.0 Å². The molecule has 5 nitrogen and oxygen atoms in total. The molecule has 1 N–H and O–H groups in total. The van der Waals surface area contributed by atoms with Gasteiger partial charge in [0, 0.05) is 25.2 Å². The van der Waals surface area contributed by atoms with E-state index < -0.39 is 0 Å². The summed E-state index contributed by atoms with van der Waals surface area (Å²) in [5.41, 5.74) is 1.49. The molecular formula is C22H25FN2O3. The van der Waals surface area contributed by atoms with Crippen LogP contribution in [-0.4, -0.2) is 43.5 Å². The van der Waals surface area contributed by atoms with E-state index in [-0.39, 0.29) is 23.5 Å². The minimum atomic E-state index is -0.373. The van der Waals surface area contributed by atoms with Crippen LogP contribution in [0.4, 0.5) is 4.39 Å². The molecule has 148 valence electrons. The van der Waals surface area contributed by atoms with E-state index in [1.807, 2.05) is 24.3 Å². The molecule has 2 amide bonds. The molecule has 0 spiro atoms. The van der Waals surface area contributed by atoms with Crippen molar-refractivity contribution in [2.45, 2.75) is 19.3 Å². The van der Waals surface area contributed by atoms with Crippen molar-refractivity contribution in [2.75, 3.05) is 26.7 Å². The number of methoxy groups -OCH3 is 1. The number of ether oxygens (including phenoxy) is 1. The maximum atomic E-state index is 13.1. The Morgan fingerprint density at radius 1 is 1.18 bits per heavy atom. The molecule has 0 aliphatic carbocycles. The third kappa shape index (κ3) is 4.88. The van der Waals surface area contributed by atoms with Crippen LogP contribution in [0.5, 0.6) is 5.75 Å². The maximum absolute atomic E-state index is 13.1. The fourth-order valence-electron chi connectivity index (χ4n) is 3.52. The lowest BCUT2D eigenvalue weighted by molar-refractivity contribution is -0.126. The molecule has 1 aliphatic heterocycles. The van der Waals surface area contributed by atoms with Gasteiger partial charge in [0.05, 0.1) is 13.0 Å². The molecule has 0 bridgehead atoms. The van der Waals surface area contributed by atoms with Crippen LogP contribution in [0.3, 0.4) is 0 Å². The molecule has 0 radical (unpaired) electrons. The van der Waals surface area contributed by atoms with Gasteiger partial charge in [0.1, 0.15) is 11.6 Å². The second kappa shape index (κ2) is 9.35. The standard InChI is InChI=1S/C22H25FN2O3/c1-28-20-7-3-2-5-16(20)12-13-24-21(26)18-6-4-14-25(15-18)22(27)17-8-10-19(23)11-9-17/h2-3,5,7-11,18H,4,6,12-15H2,1H3,(H,24,26)/t18-/m1/s1. The summed E-state index contributed by atoms with van der Waals surface area (Å²) in [7, 11) is 1.63. The highest BCUT2D eigenvalue weighted by Gasteiger charge is 2.28. The highest BCUT2D eigenvalue weighted by atomic mass is 19.1. The highest BCUT2D eigenvalue weighted by molar-refractivity contribution is 5.94. The van der Waals surface area contributed by atoms with Crippen molar-refractivity contribution in [3.05, 3.63) is 65.5 Å². The van der Waals surface area contributed by atoms with Gasteiger partial charge in [-0.3, -0.25) is 9.59 Å². The van der Waals surface area contributed by atoms with E-state index >= 15 is 0 Å². The number of benzene rings is 2. The summed E-state index contributed by atoms with van der Waals surface area (Å²) in [5, 5.41) is 2.98. The van der Waals surface area contributed by atoms with Crippen molar-refractivity contribution < 1.29 is 18.7 Å². The van der Waals surface area contributed by atoms with Crippen LogP contribution in [0.2, 0.25) is 0 Å². The number of piperidine rings is 1. The van der Waals surface area contributed by atoms with Gasteiger partial charge in [0.25, 0.3) is 5.91 Å². The zero-order valence-corrected chi connectivity index (χ0v) is 16.0. The number of likely N-dealkylation sites (tertiary alicyclic amines) is 1. The van der Waals surface area contributed by atoms with Crippen molar-refractivity contribution in [3.8, 4) is 5.75 Å². The van der Waals surface area contributed by atoms with Gasteiger partial charge in [-0.25, -0.2) is 4.39 Å².